The zero-order chi connectivity index (χ0) is 37.6. The monoisotopic (exact) mass is 764 g/mol. The molecule has 4 unspecified atom stereocenters. The molecule has 4 N–H and O–H groups in total. The standard InChI is InChI=1S/C34H33F5N6O5S2/c1-4-25-28-26(10-12-40-25)51-31(43-28)27-18(3)42-32(41-17(2)19-5-7-23(8-6-19)50-34(37,38)39)44-30(27)45-33(47)11-9-20(29(33)46)16-52(48,49)24-14-21(35)13-22(36)15-24/h5-8,10,12-15,17,20,29,46-47H,4,9,11,16H2,1-3H3,(H2,41,42,44,45). The number of aromatic nitrogens is 4. The van der Waals surface area contributed by atoms with E-state index in [4.69, 9.17) is 4.98 Å². The van der Waals surface area contributed by atoms with Gasteiger partial charge in [0.2, 0.25) is 5.95 Å². The van der Waals surface area contributed by atoms with Crippen molar-refractivity contribution in [2.45, 2.75) is 69.2 Å². The van der Waals surface area contributed by atoms with Gasteiger partial charge in [0, 0.05) is 18.2 Å². The summed E-state index contributed by atoms with van der Waals surface area (Å²) in [5.41, 5.74) is 0.706. The van der Waals surface area contributed by atoms with Crippen LogP contribution in [0.3, 0.4) is 0 Å². The van der Waals surface area contributed by atoms with E-state index in [1.165, 1.54) is 35.6 Å². The summed E-state index contributed by atoms with van der Waals surface area (Å²) < 4.78 is 96.7. The van der Waals surface area contributed by atoms with Crippen molar-refractivity contribution < 1.29 is 45.3 Å². The van der Waals surface area contributed by atoms with Gasteiger partial charge in [-0.05, 0) is 69.0 Å². The van der Waals surface area contributed by atoms with Crippen molar-refractivity contribution in [3.8, 4) is 16.3 Å². The first kappa shape index (κ1) is 37.2. The van der Waals surface area contributed by atoms with E-state index >= 15 is 0 Å². The van der Waals surface area contributed by atoms with E-state index in [-0.39, 0.29) is 30.4 Å². The highest BCUT2D eigenvalue weighted by molar-refractivity contribution is 7.91. The number of pyridine rings is 1. The van der Waals surface area contributed by atoms with Gasteiger partial charge in [-0.2, -0.15) is 4.98 Å². The molecule has 6 rings (SSSR count). The average Bonchev–Trinajstić information content (AvgIpc) is 3.60. The highest BCUT2D eigenvalue weighted by Gasteiger charge is 2.49. The van der Waals surface area contributed by atoms with E-state index < -0.39 is 62.3 Å². The van der Waals surface area contributed by atoms with E-state index in [2.05, 4.69) is 30.3 Å². The maximum Gasteiger partial charge on any atom is 0.573 e. The van der Waals surface area contributed by atoms with Crippen LogP contribution in [-0.4, -0.2) is 62.5 Å². The number of aryl methyl sites for hydroxylation is 2. The SMILES string of the molecule is CCc1nccc2sc(-c3c(C)nc(NC(C)c4ccc(OC(F)(F)F)cc4)nc3NC3(O)CCC(CS(=O)(=O)c4cc(F)cc(F)c4)C3O)nc12. The number of nitrogens with one attached hydrogen (secondary N) is 2. The van der Waals surface area contributed by atoms with Gasteiger partial charge in [0.15, 0.2) is 15.6 Å². The zero-order valence-electron chi connectivity index (χ0n) is 27.9. The number of thiazole rings is 1. The van der Waals surface area contributed by atoms with E-state index in [1.807, 2.05) is 13.0 Å². The lowest BCUT2D eigenvalue weighted by Gasteiger charge is -2.31. The number of aliphatic hydroxyl groups excluding tert-OH is 1. The van der Waals surface area contributed by atoms with Gasteiger partial charge < -0.3 is 25.6 Å². The maximum atomic E-state index is 13.8. The molecule has 18 heteroatoms. The Morgan fingerprint density at radius 3 is 2.42 bits per heavy atom. The molecule has 0 bridgehead atoms. The van der Waals surface area contributed by atoms with Gasteiger partial charge in [0.05, 0.1) is 38.3 Å². The quantitative estimate of drug-likeness (QED) is 0.0836. The van der Waals surface area contributed by atoms with Gasteiger partial charge in [0.25, 0.3) is 0 Å². The number of nitrogens with zero attached hydrogens (tertiary/aromatic N) is 4. The topological polar surface area (TPSA) is 159 Å². The van der Waals surface area contributed by atoms with Gasteiger partial charge in [-0.25, -0.2) is 27.2 Å². The summed E-state index contributed by atoms with van der Waals surface area (Å²) in [4.78, 5) is 17.9. The molecule has 52 heavy (non-hydrogen) atoms. The zero-order valence-corrected chi connectivity index (χ0v) is 29.5. The van der Waals surface area contributed by atoms with Crippen molar-refractivity contribution in [1.82, 2.24) is 19.9 Å². The number of aliphatic hydroxyl groups is 2. The molecule has 5 aromatic rings. The number of alkyl halides is 3. The number of hydrogen-bond donors (Lipinski definition) is 4. The Balaban J connectivity index is 1.33. The Kier molecular flexibility index (Phi) is 10.1. The van der Waals surface area contributed by atoms with Gasteiger partial charge in [-0.15, -0.1) is 24.5 Å². The summed E-state index contributed by atoms with van der Waals surface area (Å²) in [5, 5.41) is 29.7. The second kappa shape index (κ2) is 14.1. The Morgan fingerprint density at radius 2 is 1.77 bits per heavy atom. The van der Waals surface area contributed by atoms with Crippen LogP contribution < -0.4 is 15.4 Å². The maximum absolute atomic E-state index is 13.8. The van der Waals surface area contributed by atoms with E-state index in [9.17, 15) is 40.6 Å². The molecule has 276 valence electrons. The molecule has 0 radical (unpaired) electrons. The van der Waals surface area contributed by atoms with Gasteiger partial charge in [-0.1, -0.05) is 19.1 Å². The van der Waals surface area contributed by atoms with Gasteiger partial charge >= 0.3 is 6.36 Å². The first-order valence-corrected chi connectivity index (χ1v) is 18.5. The summed E-state index contributed by atoms with van der Waals surface area (Å²) in [7, 11) is -4.27. The third-order valence-corrected chi connectivity index (χ3v) is 11.6. The molecule has 1 aliphatic rings. The minimum atomic E-state index is -4.84. The molecule has 0 aliphatic heterocycles. The number of benzene rings is 2. The fourth-order valence-corrected chi connectivity index (χ4v) is 8.97. The Labute approximate surface area is 298 Å². The van der Waals surface area contributed by atoms with Crippen molar-refractivity contribution in [3.05, 3.63) is 83.3 Å². The van der Waals surface area contributed by atoms with Crippen LogP contribution >= 0.6 is 11.3 Å². The van der Waals surface area contributed by atoms with Crippen molar-refractivity contribution in [2.24, 2.45) is 5.92 Å². The molecule has 2 aromatic carbocycles. The van der Waals surface area contributed by atoms with Crippen molar-refractivity contribution in [1.29, 1.82) is 0 Å². The number of rotatable bonds is 11. The molecule has 4 atom stereocenters. The summed E-state index contributed by atoms with van der Waals surface area (Å²) in [6.07, 6.45) is -4.31. The molecule has 0 spiro atoms. The van der Waals surface area contributed by atoms with Crippen LogP contribution in [0.1, 0.15) is 49.7 Å². The summed E-state index contributed by atoms with van der Waals surface area (Å²) in [5.74, 6) is -4.13. The predicted molar refractivity (Wildman–Crippen MR) is 183 cm³/mol. The number of halogens is 5. The summed E-state index contributed by atoms with van der Waals surface area (Å²) >= 11 is 1.33. The first-order valence-electron chi connectivity index (χ1n) is 16.1. The van der Waals surface area contributed by atoms with Crippen molar-refractivity contribution >= 4 is 43.2 Å². The number of anilines is 2. The van der Waals surface area contributed by atoms with Gasteiger partial charge in [-0.3, -0.25) is 4.98 Å². The van der Waals surface area contributed by atoms with E-state index in [0.717, 1.165) is 10.4 Å². The first-order chi connectivity index (χ1) is 24.4. The number of fused-ring (bicyclic) bond motifs is 1. The van der Waals surface area contributed by atoms with Crippen LogP contribution in [0.4, 0.5) is 33.7 Å². The molecule has 3 heterocycles. The molecule has 11 nitrogen and oxygen atoms in total. The minimum absolute atomic E-state index is 0.0317. The minimum Gasteiger partial charge on any atom is -0.406 e. The van der Waals surface area contributed by atoms with Crippen molar-refractivity contribution in [3.63, 3.8) is 0 Å². The number of sulfone groups is 1. The summed E-state index contributed by atoms with van der Waals surface area (Å²) in [6.45, 7) is 5.37. The molecule has 1 saturated carbocycles. The smallest absolute Gasteiger partial charge is 0.406 e. The Bertz CT molecular complexity index is 2200. The lowest BCUT2D eigenvalue weighted by molar-refractivity contribution is -0.274. The number of hydrogen-bond acceptors (Lipinski definition) is 12. The molecule has 0 amide bonds. The molecule has 0 saturated heterocycles. The molecular formula is C34H33F5N6O5S2. The fraction of sp³-hybridized carbons (Fsp3) is 0.353. The molecule has 1 aliphatic carbocycles. The Morgan fingerprint density at radius 1 is 1.08 bits per heavy atom. The second-order valence-corrected chi connectivity index (χ2v) is 15.6. The fourth-order valence-electron chi connectivity index (χ4n) is 6.20. The van der Waals surface area contributed by atoms with Crippen LogP contribution in [0.15, 0.2) is 59.6 Å². The number of ether oxygens (including phenoxy) is 1. The predicted octanol–water partition coefficient (Wildman–Crippen LogP) is 6.71. The third-order valence-electron chi connectivity index (χ3n) is 8.78. The molecule has 3 aromatic heterocycles. The highest BCUT2D eigenvalue weighted by Crippen LogP contribution is 2.42. The lowest BCUT2D eigenvalue weighted by Crippen LogP contribution is -2.48. The normalized spacial score (nSPS) is 19.9. The Hall–Kier alpha value is -4.52. The highest BCUT2D eigenvalue weighted by atomic mass is 32.2. The van der Waals surface area contributed by atoms with Crippen LogP contribution in [0.5, 0.6) is 5.75 Å². The van der Waals surface area contributed by atoms with Crippen LogP contribution in [0.2, 0.25) is 0 Å². The van der Waals surface area contributed by atoms with E-state index in [0.29, 0.717) is 52.0 Å². The van der Waals surface area contributed by atoms with Crippen molar-refractivity contribution in [2.75, 3.05) is 16.4 Å². The molecular weight excluding hydrogens is 732 g/mol. The molecule has 1 fully saturated rings. The van der Waals surface area contributed by atoms with Gasteiger partial charge in [0.1, 0.15) is 39.8 Å². The summed E-state index contributed by atoms with van der Waals surface area (Å²) in [6, 6.07) is 8.46. The van der Waals surface area contributed by atoms with Crippen LogP contribution in [-0.2, 0) is 16.3 Å². The third kappa shape index (κ3) is 7.94. The lowest BCUT2D eigenvalue weighted by atomic mass is 10.0. The van der Waals surface area contributed by atoms with Crippen LogP contribution in [0, 0.1) is 24.5 Å². The average molecular weight is 765 g/mol. The van der Waals surface area contributed by atoms with Crippen LogP contribution in [0.25, 0.3) is 20.8 Å². The largest absolute Gasteiger partial charge is 0.573 e. The van der Waals surface area contributed by atoms with E-state index in [1.54, 1.807) is 20.0 Å². The second-order valence-electron chi connectivity index (χ2n) is 12.5.